The molecule has 0 saturated carbocycles. The lowest BCUT2D eigenvalue weighted by atomic mass is 9.97. The number of nitrogens with zero attached hydrogens (tertiary/aromatic N) is 3. The maximum Gasteiger partial charge on any atom is 0.225 e. The Morgan fingerprint density at radius 3 is 2.67 bits per heavy atom. The molecule has 1 atom stereocenters. The van der Waals surface area contributed by atoms with E-state index in [0.717, 1.165) is 47.8 Å². The first-order chi connectivity index (χ1) is 16.1. The Labute approximate surface area is 194 Å². The van der Waals surface area contributed by atoms with Gasteiger partial charge in [-0.25, -0.2) is 0 Å². The van der Waals surface area contributed by atoms with Gasteiger partial charge in [0.15, 0.2) is 5.82 Å². The molecule has 1 aliphatic heterocycles. The molecule has 7 heteroatoms. The normalized spacial score (nSPS) is 15.7. The SMILES string of the molecule is COc1ccc(CNC(=O)[C@@H]2CCCN(c3ccc(-c4ccccc4C)nn3)C2)c(OC)c1. The second kappa shape index (κ2) is 10.3. The van der Waals surface area contributed by atoms with Gasteiger partial charge in [-0.15, -0.1) is 10.2 Å². The monoisotopic (exact) mass is 446 g/mol. The molecule has 7 nitrogen and oxygen atoms in total. The number of amides is 1. The van der Waals surface area contributed by atoms with Gasteiger partial charge in [-0.1, -0.05) is 24.3 Å². The molecule has 172 valence electrons. The second-order valence-electron chi connectivity index (χ2n) is 8.27. The number of carbonyl (C=O) groups excluding carboxylic acids is 1. The zero-order valence-corrected chi connectivity index (χ0v) is 19.4. The van der Waals surface area contributed by atoms with Crippen LogP contribution in [0.4, 0.5) is 5.82 Å². The van der Waals surface area contributed by atoms with E-state index in [9.17, 15) is 4.79 Å². The van der Waals surface area contributed by atoms with Crippen molar-refractivity contribution in [1.82, 2.24) is 15.5 Å². The van der Waals surface area contributed by atoms with Crippen molar-refractivity contribution >= 4 is 11.7 Å². The third-order valence-electron chi connectivity index (χ3n) is 6.13. The lowest BCUT2D eigenvalue weighted by Gasteiger charge is -2.32. The Morgan fingerprint density at radius 2 is 1.94 bits per heavy atom. The van der Waals surface area contributed by atoms with E-state index in [2.05, 4.69) is 39.5 Å². The van der Waals surface area contributed by atoms with E-state index >= 15 is 0 Å². The number of ether oxygens (including phenoxy) is 2. The zero-order valence-electron chi connectivity index (χ0n) is 19.4. The number of anilines is 1. The van der Waals surface area contributed by atoms with Crippen LogP contribution in [0.3, 0.4) is 0 Å². The second-order valence-corrected chi connectivity index (χ2v) is 8.27. The van der Waals surface area contributed by atoms with Crippen molar-refractivity contribution in [2.24, 2.45) is 5.92 Å². The fourth-order valence-electron chi connectivity index (χ4n) is 4.22. The fourth-order valence-corrected chi connectivity index (χ4v) is 4.22. The summed E-state index contributed by atoms with van der Waals surface area (Å²) >= 11 is 0. The van der Waals surface area contributed by atoms with E-state index < -0.39 is 0 Å². The Morgan fingerprint density at radius 1 is 1.09 bits per heavy atom. The first-order valence-corrected chi connectivity index (χ1v) is 11.2. The average Bonchev–Trinajstić information content (AvgIpc) is 2.87. The van der Waals surface area contributed by atoms with Crippen molar-refractivity contribution in [3.05, 3.63) is 65.7 Å². The molecule has 1 N–H and O–H groups in total. The summed E-state index contributed by atoms with van der Waals surface area (Å²) in [6.07, 6.45) is 1.79. The molecule has 3 aromatic rings. The predicted molar refractivity (Wildman–Crippen MR) is 129 cm³/mol. The molecular formula is C26H30N4O3. The van der Waals surface area contributed by atoms with Crippen molar-refractivity contribution in [2.45, 2.75) is 26.3 Å². The van der Waals surface area contributed by atoms with Crippen LogP contribution < -0.4 is 19.7 Å². The van der Waals surface area contributed by atoms with Crippen LogP contribution in [-0.2, 0) is 11.3 Å². The van der Waals surface area contributed by atoms with Gasteiger partial charge in [0, 0.05) is 36.8 Å². The Kier molecular flexibility index (Phi) is 7.07. The summed E-state index contributed by atoms with van der Waals surface area (Å²) in [5.41, 5.74) is 4.03. The minimum atomic E-state index is -0.0964. The van der Waals surface area contributed by atoms with Crippen LogP contribution in [0, 0.1) is 12.8 Å². The van der Waals surface area contributed by atoms with Gasteiger partial charge < -0.3 is 19.7 Å². The van der Waals surface area contributed by atoms with Gasteiger partial charge in [-0.3, -0.25) is 4.79 Å². The van der Waals surface area contributed by atoms with Gasteiger partial charge >= 0.3 is 0 Å². The zero-order chi connectivity index (χ0) is 23.2. The minimum Gasteiger partial charge on any atom is -0.497 e. The van der Waals surface area contributed by atoms with Crippen LogP contribution in [0.2, 0.25) is 0 Å². The van der Waals surface area contributed by atoms with E-state index in [4.69, 9.17) is 9.47 Å². The molecule has 1 saturated heterocycles. The first kappa shape index (κ1) is 22.6. The first-order valence-electron chi connectivity index (χ1n) is 11.2. The fraction of sp³-hybridized carbons (Fsp3) is 0.346. The van der Waals surface area contributed by atoms with Crippen molar-refractivity contribution in [3.63, 3.8) is 0 Å². The summed E-state index contributed by atoms with van der Waals surface area (Å²) in [7, 11) is 3.23. The molecule has 1 aliphatic rings. The number of aromatic nitrogens is 2. The number of hydrogen-bond acceptors (Lipinski definition) is 6. The van der Waals surface area contributed by atoms with Gasteiger partial charge in [0.05, 0.1) is 25.8 Å². The Balaban J connectivity index is 1.38. The highest BCUT2D eigenvalue weighted by Gasteiger charge is 2.27. The quantitative estimate of drug-likeness (QED) is 0.591. The van der Waals surface area contributed by atoms with Crippen LogP contribution in [0.5, 0.6) is 11.5 Å². The van der Waals surface area contributed by atoms with Gasteiger partial charge in [0.2, 0.25) is 5.91 Å². The summed E-state index contributed by atoms with van der Waals surface area (Å²) < 4.78 is 10.7. The van der Waals surface area contributed by atoms with Gasteiger partial charge in [-0.05, 0) is 49.6 Å². The molecule has 1 fully saturated rings. The molecule has 33 heavy (non-hydrogen) atoms. The van der Waals surface area contributed by atoms with E-state index in [1.54, 1.807) is 14.2 Å². The van der Waals surface area contributed by atoms with Gasteiger partial charge in [0.1, 0.15) is 11.5 Å². The van der Waals surface area contributed by atoms with Crippen LogP contribution in [-0.4, -0.2) is 43.4 Å². The smallest absolute Gasteiger partial charge is 0.225 e. The molecule has 0 spiro atoms. The number of rotatable bonds is 7. The highest BCUT2D eigenvalue weighted by Crippen LogP contribution is 2.26. The molecule has 1 aromatic heterocycles. The highest BCUT2D eigenvalue weighted by atomic mass is 16.5. The average molecular weight is 447 g/mol. The lowest BCUT2D eigenvalue weighted by Crippen LogP contribution is -2.43. The number of hydrogen-bond donors (Lipinski definition) is 1. The van der Waals surface area contributed by atoms with Crippen molar-refractivity contribution in [2.75, 3.05) is 32.2 Å². The van der Waals surface area contributed by atoms with E-state index in [1.165, 1.54) is 5.56 Å². The lowest BCUT2D eigenvalue weighted by molar-refractivity contribution is -0.125. The molecule has 0 bridgehead atoms. The molecule has 0 unspecified atom stereocenters. The molecule has 4 rings (SSSR count). The van der Waals surface area contributed by atoms with Gasteiger partial charge in [-0.2, -0.15) is 0 Å². The number of methoxy groups -OCH3 is 2. The van der Waals surface area contributed by atoms with Crippen LogP contribution in [0.1, 0.15) is 24.0 Å². The number of carbonyl (C=O) groups is 1. The number of piperidine rings is 1. The summed E-state index contributed by atoms with van der Waals surface area (Å²) in [5, 5.41) is 12.0. The summed E-state index contributed by atoms with van der Waals surface area (Å²) in [6, 6.07) is 17.8. The number of benzene rings is 2. The molecule has 0 radical (unpaired) electrons. The molecule has 2 aromatic carbocycles. The largest absolute Gasteiger partial charge is 0.497 e. The summed E-state index contributed by atoms with van der Waals surface area (Å²) in [6.45, 7) is 3.98. The van der Waals surface area contributed by atoms with Crippen molar-refractivity contribution < 1.29 is 14.3 Å². The maximum absolute atomic E-state index is 12.9. The van der Waals surface area contributed by atoms with Crippen LogP contribution in [0.25, 0.3) is 11.3 Å². The predicted octanol–water partition coefficient (Wildman–Crippen LogP) is 4.00. The Bertz CT molecular complexity index is 1100. The molecule has 0 aliphatic carbocycles. The number of aryl methyl sites for hydroxylation is 1. The Hall–Kier alpha value is -3.61. The molecule has 2 heterocycles. The van der Waals surface area contributed by atoms with Gasteiger partial charge in [0.25, 0.3) is 0 Å². The van der Waals surface area contributed by atoms with E-state index in [-0.39, 0.29) is 11.8 Å². The van der Waals surface area contributed by atoms with E-state index in [1.807, 2.05) is 42.5 Å². The third-order valence-corrected chi connectivity index (χ3v) is 6.13. The van der Waals surface area contributed by atoms with Crippen LogP contribution >= 0.6 is 0 Å². The third kappa shape index (κ3) is 5.25. The summed E-state index contributed by atoms with van der Waals surface area (Å²) in [5.74, 6) is 2.17. The van der Waals surface area contributed by atoms with Crippen LogP contribution in [0.15, 0.2) is 54.6 Å². The highest BCUT2D eigenvalue weighted by molar-refractivity contribution is 5.79. The molecule has 1 amide bonds. The standard InChI is InChI=1S/C26H30N4O3/c1-18-7-4-5-9-22(18)23-12-13-25(29-28-23)30-14-6-8-20(17-30)26(31)27-16-19-10-11-21(32-2)15-24(19)33-3/h4-5,7,9-13,15,20H,6,8,14,16-17H2,1-3H3,(H,27,31)/t20-/m1/s1. The number of nitrogens with one attached hydrogen (secondary N) is 1. The minimum absolute atomic E-state index is 0.0436. The topological polar surface area (TPSA) is 76.6 Å². The van der Waals surface area contributed by atoms with Crippen molar-refractivity contribution in [1.29, 1.82) is 0 Å². The molecular weight excluding hydrogens is 416 g/mol. The van der Waals surface area contributed by atoms with E-state index in [0.29, 0.717) is 18.8 Å². The van der Waals surface area contributed by atoms with Crippen molar-refractivity contribution in [3.8, 4) is 22.8 Å². The maximum atomic E-state index is 12.9. The summed E-state index contributed by atoms with van der Waals surface area (Å²) in [4.78, 5) is 15.1.